The van der Waals surface area contributed by atoms with Crippen molar-refractivity contribution in [1.29, 1.82) is 0 Å². The van der Waals surface area contributed by atoms with E-state index < -0.39 is 0 Å². The van der Waals surface area contributed by atoms with E-state index in [1.807, 2.05) is 30.3 Å². The molecule has 0 aliphatic rings. The second kappa shape index (κ2) is 5.08. The number of hydrogen-bond donors (Lipinski definition) is 2. The molecule has 0 fully saturated rings. The van der Waals surface area contributed by atoms with Gasteiger partial charge in [0.25, 0.3) is 0 Å². The number of ether oxygens (including phenoxy) is 1. The first-order chi connectivity index (χ1) is 9.79. The molecule has 1 heterocycles. The van der Waals surface area contributed by atoms with Gasteiger partial charge in [-0.15, -0.1) is 0 Å². The van der Waals surface area contributed by atoms with Gasteiger partial charge < -0.3 is 15.8 Å². The van der Waals surface area contributed by atoms with Gasteiger partial charge in [0, 0.05) is 12.1 Å². The van der Waals surface area contributed by atoms with E-state index in [0.29, 0.717) is 23.3 Å². The minimum Gasteiger partial charge on any atom is -0.496 e. The molecule has 0 atom stereocenters. The maximum absolute atomic E-state index is 5.81. The molecule has 6 heteroatoms. The van der Waals surface area contributed by atoms with E-state index >= 15 is 0 Å². The summed E-state index contributed by atoms with van der Waals surface area (Å²) in [6.07, 6.45) is 0. The zero-order chi connectivity index (χ0) is 13.9. The van der Waals surface area contributed by atoms with Crippen LogP contribution in [0.3, 0.4) is 0 Å². The number of nitrogens with zero attached hydrogens (tertiary/aromatic N) is 2. The second-order valence-corrected chi connectivity index (χ2v) is 4.33. The number of benzene rings is 2. The van der Waals surface area contributed by atoms with Crippen molar-refractivity contribution in [2.75, 3.05) is 18.2 Å². The first kappa shape index (κ1) is 12.3. The van der Waals surface area contributed by atoms with Gasteiger partial charge in [-0.25, -0.2) is 4.63 Å². The third-order valence-electron chi connectivity index (χ3n) is 3.11. The summed E-state index contributed by atoms with van der Waals surface area (Å²) in [6.45, 7) is 0.607. The van der Waals surface area contributed by atoms with Crippen molar-refractivity contribution in [2.24, 2.45) is 0 Å². The number of hydrogen-bond acceptors (Lipinski definition) is 6. The Hall–Kier alpha value is -2.76. The first-order valence-electron chi connectivity index (χ1n) is 6.16. The summed E-state index contributed by atoms with van der Waals surface area (Å²) in [7, 11) is 1.65. The van der Waals surface area contributed by atoms with Crippen LogP contribution in [0.25, 0.3) is 11.0 Å². The van der Waals surface area contributed by atoms with Crippen LogP contribution in [0.1, 0.15) is 5.56 Å². The van der Waals surface area contributed by atoms with Crippen molar-refractivity contribution in [3.8, 4) is 5.75 Å². The predicted octanol–water partition coefficient (Wildman–Crippen LogP) is 2.43. The van der Waals surface area contributed by atoms with E-state index in [2.05, 4.69) is 15.6 Å². The number of nitrogen functional groups attached to an aromatic ring is 1. The third-order valence-corrected chi connectivity index (χ3v) is 3.11. The summed E-state index contributed by atoms with van der Waals surface area (Å²) in [5, 5.41) is 11.0. The largest absolute Gasteiger partial charge is 0.496 e. The molecule has 3 rings (SSSR count). The highest BCUT2D eigenvalue weighted by Gasteiger charge is 2.10. The summed E-state index contributed by atoms with van der Waals surface area (Å²) >= 11 is 0. The molecule has 0 aliphatic carbocycles. The van der Waals surface area contributed by atoms with Crippen LogP contribution in [0.2, 0.25) is 0 Å². The molecule has 20 heavy (non-hydrogen) atoms. The van der Waals surface area contributed by atoms with Crippen molar-refractivity contribution in [3.05, 3.63) is 42.0 Å². The molecule has 3 aromatic rings. The van der Waals surface area contributed by atoms with Crippen molar-refractivity contribution in [2.45, 2.75) is 6.54 Å². The Labute approximate surface area is 115 Å². The fraction of sp³-hybridized carbons (Fsp3) is 0.143. The highest BCUT2D eigenvalue weighted by Crippen LogP contribution is 2.26. The summed E-state index contributed by atoms with van der Waals surface area (Å²) in [6, 6.07) is 11.5. The van der Waals surface area contributed by atoms with Crippen LogP contribution in [0.15, 0.2) is 41.0 Å². The number of nitrogens with one attached hydrogen (secondary N) is 1. The van der Waals surface area contributed by atoms with Gasteiger partial charge in [-0.2, -0.15) is 0 Å². The predicted molar refractivity (Wildman–Crippen MR) is 76.5 cm³/mol. The normalized spacial score (nSPS) is 10.7. The molecule has 2 aromatic carbocycles. The van der Waals surface area contributed by atoms with Crippen LogP contribution in [0.4, 0.5) is 11.4 Å². The first-order valence-corrected chi connectivity index (χ1v) is 6.16. The summed E-state index contributed by atoms with van der Waals surface area (Å²) < 4.78 is 10.1. The van der Waals surface area contributed by atoms with Gasteiger partial charge in [-0.3, -0.25) is 0 Å². The highest BCUT2D eigenvalue weighted by atomic mass is 16.6. The van der Waals surface area contributed by atoms with Crippen LogP contribution in [-0.4, -0.2) is 17.4 Å². The Balaban J connectivity index is 1.87. The molecule has 0 aliphatic heterocycles. The van der Waals surface area contributed by atoms with Crippen LogP contribution < -0.4 is 15.8 Å². The number of para-hydroxylation sites is 1. The number of anilines is 2. The smallest absolute Gasteiger partial charge is 0.160 e. The van der Waals surface area contributed by atoms with Gasteiger partial charge in [0.2, 0.25) is 0 Å². The lowest BCUT2D eigenvalue weighted by atomic mass is 10.2. The lowest BCUT2D eigenvalue weighted by molar-refractivity contribution is 0.315. The van der Waals surface area contributed by atoms with Gasteiger partial charge in [0.1, 0.15) is 5.75 Å². The van der Waals surface area contributed by atoms with Crippen molar-refractivity contribution >= 4 is 22.4 Å². The van der Waals surface area contributed by atoms with Crippen LogP contribution >= 0.6 is 0 Å². The molecule has 0 radical (unpaired) electrons. The van der Waals surface area contributed by atoms with Crippen LogP contribution in [-0.2, 0) is 6.54 Å². The van der Waals surface area contributed by atoms with E-state index in [1.54, 1.807) is 13.2 Å². The zero-order valence-electron chi connectivity index (χ0n) is 11.0. The van der Waals surface area contributed by atoms with Gasteiger partial charge in [-0.1, -0.05) is 18.2 Å². The average Bonchev–Trinajstić information content (AvgIpc) is 2.97. The van der Waals surface area contributed by atoms with E-state index in [4.69, 9.17) is 15.1 Å². The molecule has 0 saturated heterocycles. The molecular weight excluding hydrogens is 256 g/mol. The fourth-order valence-corrected chi connectivity index (χ4v) is 2.07. The average molecular weight is 270 g/mol. The van der Waals surface area contributed by atoms with E-state index in [1.165, 1.54) is 0 Å². The van der Waals surface area contributed by atoms with E-state index in [-0.39, 0.29) is 0 Å². The Morgan fingerprint density at radius 2 is 1.95 bits per heavy atom. The number of aromatic nitrogens is 2. The Morgan fingerprint density at radius 1 is 1.15 bits per heavy atom. The SMILES string of the molecule is COc1ccccc1CNc1ccc(N)c2nonc12. The third kappa shape index (κ3) is 2.11. The van der Waals surface area contributed by atoms with E-state index in [0.717, 1.165) is 17.0 Å². The molecule has 0 amide bonds. The number of nitrogens with two attached hydrogens (primary N) is 1. The maximum Gasteiger partial charge on any atom is 0.160 e. The van der Waals surface area contributed by atoms with Crippen LogP contribution in [0, 0.1) is 0 Å². The molecule has 1 aromatic heterocycles. The number of rotatable bonds is 4. The molecule has 0 unspecified atom stereocenters. The highest BCUT2D eigenvalue weighted by molar-refractivity contribution is 5.94. The van der Waals surface area contributed by atoms with Crippen molar-refractivity contribution < 1.29 is 9.37 Å². The lowest BCUT2D eigenvalue weighted by Gasteiger charge is -2.10. The van der Waals surface area contributed by atoms with Crippen LogP contribution in [0.5, 0.6) is 5.75 Å². The Bertz CT molecular complexity index is 739. The monoisotopic (exact) mass is 270 g/mol. The van der Waals surface area contributed by atoms with Gasteiger partial charge in [0.05, 0.1) is 18.5 Å². The summed E-state index contributed by atoms with van der Waals surface area (Å²) in [5.74, 6) is 0.838. The molecule has 6 nitrogen and oxygen atoms in total. The molecule has 0 spiro atoms. The molecule has 3 N–H and O–H groups in total. The van der Waals surface area contributed by atoms with E-state index in [9.17, 15) is 0 Å². The molecule has 0 saturated carbocycles. The Morgan fingerprint density at radius 3 is 2.80 bits per heavy atom. The van der Waals surface area contributed by atoms with Gasteiger partial charge in [0.15, 0.2) is 11.0 Å². The number of fused-ring (bicyclic) bond motifs is 1. The minimum absolute atomic E-state index is 0.545. The van der Waals surface area contributed by atoms with Crippen molar-refractivity contribution in [3.63, 3.8) is 0 Å². The minimum atomic E-state index is 0.545. The topological polar surface area (TPSA) is 86.2 Å². The standard InChI is InChI=1S/C14H14N4O2/c1-19-12-5-3-2-4-9(12)8-16-11-7-6-10(15)13-14(11)18-20-17-13/h2-7,16H,8,15H2,1H3. The molecule has 102 valence electrons. The van der Waals surface area contributed by atoms with Crippen molar-refractivity contribution in [1.82, 2.24) is 10.3 Å². The second-order valence-electron chi connectivity index (χ2n) is 4.33. The number of methoxy groups -OCH3 is 1. The fourth-order valence-electron chi connectivity index (χ4n) is 2.07. The zero-order valence-corrected chi connectivity index (χ0v) is 11.0. The summed E-state index contributed by atoms with van der Waals surface area (Å²) in [5.41, 5.74) is 9.42. The lowest BCUT2D eigenvalue weighted by Crippen LogP contribution is -2.02. The maximum atomic E-state index is 5.81. The van der Waals surface area contributed by atoms with Gasteiger partial charge >= 0.3 is 0 Å². The molecular formula is C14H14N4O2. The molecule has 0 bridgehead atoms. The summed E-state index contributed by atoms with van der Waals surface area (Å²) in [4.78, 5) is 0. The Kier molecular flexibility index (Phi) is 3.12. The van der Waals surface area contributed by atoms with Gasteiger partial charge in [-0.05, 0) is 28.5 Å². The quantitative estimate of drug-likeness (QED) is 0.708.